The van der Waals surface area contributed by atoms with Gasteiger partial charge in [-0.3, -0.25) is 0 Å². The molecule has 0 spiro atoms. The predicted octanol–water partition coefficient (Wildman–Crippen LogP) is 4.35. The normalized spacial score (nSPS) is 13.8. The molecule has 1 N–H and O–H groups in total. The van der Waals surface area contributed by atoms with E-state index in [9.17, 15) is 0 Å². The molecule has 1 aromatic heterocycles. The lowest BCUT2D eigenvalue weighted by Gasteiger charge is -2.27. The van der Waals surface area contributed by atoms with Gasteiger partial charge in [-0.2, -0.15) is 0 Å². The van der Waals surface area contributed by atoms with E-state index in [1.165, 1.54) is 0 Å². The highest BCUT2D eigenvalue weighted by molar-refractivity contribution is 6.29. The molecular weight excluding hydrogens is 246 g/mol. The van der Waals surface area contributed by atoms with Crippen LogP contribution in [-0.2, 0) is 0 Å². The summed E-state index contributed by atoms with van der Waals surface area (Å²) in [7, 11) is 0. The number of hydrogen-bond donors (Lipinski definition) is 1. The van der Waals surface area contributed by atoms with E-state index in [2.05, 4.69) is 56.8 Å². The molecule has 102 valence electrons. The van der Waals surface area contributed by atoms with E-state index in [1.807, 2.05) is 0 Å². The van der Waals surface area contributed by atoms with Crippen LogP contribution in [0, 0.1) is 11.3 Å². The van der Waals surface area contributed by atoms with Crippen molar-refractivity contribution in [3.8, 4) is 0 Å². The molecule has 1 atom stereocenters. The summed E-state index contributed by atoms with van der Waals surface area (Å²) in [5.41, 5.74) is 0.282. The average molecular weight is 270 g/mol. The molecule has 0 radical (unpaired) electrons. The van der Waals surface area contributed by atoms with Crippen LogP contribution in [0.5, 0.6) is 0 Å². The molecular formula is C14H24ClN3. The minimum Gasteiger partial charge on any atom is -0.370 e. The van der Waals surface area contributed by atoms with Crippen LogP contribution in [0.4, 0.5) is 5.82 Å². The fourth-order valence-corrected chi connectivity index (χ4v) is 1.54. The van der Waals surface area contributed by atoms with Gasteiger partial charge >= 0.3 is 0 Å². The van der Waals surface area contributed by atoms with Crippen molar-refractivity contribution in [3.05, 3.63) is 17.0 Å². The van der Waals surface area contributed by atoms with E-state index in [1.54, 1.807) is 6.07 Å². The van der Waals surface area contributed by atoms with Gasteiger partial charge in [0.05, 0.1) is 0 Å². The van der Waals surface area contributed by atoms with E-state index in [-0.39, 0.29) is 11.3 Å². The summed E-state index contributed by atoms with van der Waals surface area (Å²) in [5.74, 6) is 2.43. The molecule has 1 heterocycles. The minimum absolute atomic E-state index is 0.282. The van der Waals surface area contributed by atoms with Crippen LogP contribution in [0.2, 0.25) is 5.15 Å². The fraction of sp³-hybridized carbons (Fsp3) is 0.714. The summed E-state index contributed by atoms with van der Waals surface area (Å²) in [6.45, 7) is 14.0. The van der Waals surface area contributed by atoms with Gasteiger partial charge in [-0.25, -0.2) is 9.97 Å². The van der Waals surface area contributed by atoms with Gasteiger partial charge in [-0.15, -0.1) is 0 Å². The third-order valence-electron chi connectivity index (χ3n) is 3.30. The Kier molecular flexibility index (Phi) is 4.97. The maximum atomic E-state index is 6.01. The zero-order valence-electron chi connectivity index (χ0n) is 12.2. The SMILES string of the molecule is CC(C)c1nc(Cl)cc(NCC(C)C(C)(C)C)n1. The lowest BCUT2D eigenvalue weighted by Crippen LogP contribution is -2.25. The first-order valence-corrected chi connectivity index (χ1v) is 6.86. The van der Waals surface area contributed by atoms with Gasteiger partial charge in [0.25, 0.3) is 0 Å². The van der Waals surface area contributed by atoms with E-state index < -0.39 is 0 Å². The zero-order valence-corrected chi connectivity index (χ0v) is 13.0. The summed E-state index contributed by atoms with van der Waals surface area (Å²) in [6, 6.07) is 1.78. The molecule has 0 aromatic carbocycles. The van der Waals surface area contributed by atoms with Crippen molar-refractivity contribution in [3.63, 3.8) is 0 Å². The molecule has 0 fully saturated rings. The van der Waals surface area contributed by atoms with Crippen LogP contribution in [-0.4, -0.2) is 16.5 Å². The van der Waals surface area contributed by atoms with E-state index in [0.717, 1.165) is 18.2 Å². The van der Waals surface area contributed by atoms with E-state index in [4.69, 9.17) is 11.6 Å². The van der Waals surface area contributed by atoms with Gasteiger partial charge in [0.15, 0.2) is 0 Å². The van der Waals surface area contributed by atoms with Gasteiger partial charge in [-0.1, -0.05) is 53.1 Å². The topological polar surface area (TPSA) is 37.8 Å². The van der Waals surface area contributed by atoms with Crippen LogP contribution < -0.4 is 5.32 Å². The Hall–Kier alpha value is -0.830. The second-order valence-electron chi connectivity index (χ2n) is 6.24. The molecule has 1 aromatic rings. The van der Waals surface area contributed by atoms with Crippen molar-refractivity contribution in [1.29, 1.82) is 0 Å². The molecule has 4 heteroatoms. The molecule has 0 aliphatic heterocycles. The summed E-state index contributed by atoms with van der Waals surface area (Å²) in [5, 5.41) is 3.85. The quantitative estimate of drug-likeness (QED) is 0.826. The largest absolute Gasteiger partial charge is 0.370 e. The number of nitrogens with zero attached hydrogens (tertiary/aromatic N) is 2. The fourth-order valence-electron chi connectivity index (χ4n) is 1.35. The first-order valence-electron chi connectivity index (χ1n) is 6.48. The van der Waals surface area contributed by atoms with Gasteiger partial charge in [0.1, 0.15) is 16.8 Å². The van der Waals surface area contributed by atoms with Crippen molar-refractivity contribution in [2.24, 2.45) is 11.3 Å². The summed E-state index contributed by atoms with van der Waals surface area (Å²) < 4.78 is 0. The Balaban J connectivity index is 2.73. The van der Waals surface area contributed by atoms with Crippen molar-refractivity contribution in [2.75, 3.05) is 11.9 Å². The maximum Gasteiger partial charge on any atom is 0.135 e. The van der Waals surface area contributed by atoms with Crippen LogP contribution in [0.3, 0.4) is 0 Å². The van der Waals surface area contributed by atoms with Crippen LogP contribution >= 0.6 is 11.6 Å². The lowest BCUT2D eigenvalue weighted by atomic mass is 9.82. The molecule has 0 aliphatic carbocycles. The highest BCUT2D eigenvalue weighted by Gasteiger charge is 2.19. The van der Waals surface area contributed by atoms with E-state index in [0.29, 0.717) is 11.1 Å². The standard InChI is InChI=1S/C14H24ClN3/c1-9(2)13-17-11(15)7-12(18-13)16-8-10(3)14(4,5)6/h7,9-10H,8H2,1-6H3,(H,16,17,18). The molecule has 0 bridgehead atoms. The number of hydrogen-bond acceptors (Lipinski definition) is 3. The third-order valence-corrected chi connectivity index (χ3v) is 3.49. The average Bonchev–Trinajstić information content (AvgIpc) is 2.23. The zero-order chi connectivity index (χ0) is 13.9. The lowest BCUT2D eigenvalue weighted by molar-refractivity contribution is 0.274. The number of aromatic nitrogens is 2. The van der Waals surface area contributed by atoms with Gasteiger partial charge < -0.3 is 5.32 Å². The van der Waals surface area contributed by atoms with Crippen molar-refractivity contribution >= 4 is 17.4 Å². The molecule has 1 unspecified atom stereocenters. The van der Waals surface area contributed by atoms with Crippen molar-refractivity contribution in [2.45, 2.75) is 47.5 Å². The Morgan fingerprint density at radius 2 is 1.83 bits per heavy atom. The van der Waals surface area contributed by atoms with Gasteiger partial charge in [0, 0.05) is 18.5 Å². The summed E-state index contributed by atoms with van der Waals surface area (Å²) in [6.07, 6.45) is 0. The Morgan fingerprint density at radius 1 is 1.22 bits per heavy atom. The first-order chi connectivity index (χ1) is 8.20. The van der Waals surface area contributed by atoms with Crippen LogP contribution in [0.1, 0.15) is 53.3 Å². The van der Waals surface area contributed by atoms with Crippen LogP contribution in [0.25, 0.3) is 0 Å². The van der Waals surface area contributed by atoms with Gasteiger partial charge in [-0.05, 0) is 11.3 Å². The minimum atomic E-state index is 0.282. The molecule has 0 aliphatic rings. The molecule has 0 saturated carbocycles. The second kappa shape index (κ2) is 5.87. The summed E-state index contributed by atoms with van der Waals surface area (Å²) >= 11 is 6.01. The second-order valence-corrected chi connectivity index (χ2v) is 6.62. The predicted molar refractivity (Wildman–Crippen MR) is 78.2 cm³/mol. The van der Waals surface area contributed by atoms with Crippen molar-refractivity contribution < 1.29 is 0 Å². The van der Waals surface area contributed by atoms with Crippen molar-refractivity contribution in [1.82, 2.24) is 9.97 Å². The van der Waals surface area contributed by atoms with E-state index >= 15 is 0 Å². The Morgan fingerprint density at radius 3 is 2.33 bits per heavy atom. The number of anilines is 1. The molecule has 0 amide bonds. The number of halogens is 1. The monoisotopic (exact) mass is 269 g/mol. The van der Waals surface area contributed by atoms with Gasteiger partial charge in [0.2, 0.25) is 0 Å². The molecule has 18 heavy (non-hydrogen) atoms. The third kappa shape index (κ3) is 4.45. The molecule has 1 rings (SSSR count). The summed E-state index contributed by atoms with van der Waals surface area (Å²) in [4.78, 5) is 8.70. The maximum absolute atomic E-state index is 6.01. The highest BCUT2D eigenvalue weighted by atomic mass is 35.5. The number of nitrogens with one attached hydrogen (secondary N) is 1. The number of rotatable bonds is 4. The first kappa shape index (κ1) is 15.2. The highest BCUT2D eigenvalue weighted by Crippen LogP contribution is 2.25. The smallest absolute Gasteiger partial charge is 0.135 e. The van der Waals surface area contributed by atoms with Crippen LogP contribution in [0.15, 0.2) is 6.07 Å². The Labute approximate surface area is 115 Å². The molecule has 0 saturated heterocycles. The molecule has 3 nitrogen and oxygen atoms in total. The Bertz CT molecular complexity index is 397.